The van der Waals surface area contributed by atoms with Crippen molar-refractivity contribution in [1.82, 2.24) is 9.97 Å². The minimum atomic E-state index is 0.509. The summed E-state index contributed by atoms with van der Waals surface area (Å²) in [5, 5.41) is 6.91. The minimum absolute atomic E-state index is 0.509. The number of nitrogens with one attached hydrogen (secondary N) is 1. The monoisotopic (exact) mass is 253 g/mol. The maximum Gasteiger partial charge on any atom is 0.131 e. The second kappa shape index (κ2) is 5.27. The van der Waals surface area contributed by atoms with E-state index in [1.807, 2.05) is 19.1 Å². The van der Waals surface area contributed by atoms with Crippen molar-refractivity contribution in [1.29, 1.82) is 0 Å². The van der Waals surface area contributed by atoms with E-state index in [1.54, 1.807) is 17.4 Å². The first-order chi connectivity index (χ1) is 7.74. The number of aromatic nitrogens is 2. The third-order valence-electron chi connectivity index (χ3n) is 2.07. The van der Waals surface area contributed by atoms with E-state index in [2.05, 4.69) is 20.7 Å². The van der Waals surface area contributed by atoms with E-state index >= 15 is 0 Å². The number of aryl methyl sites for hydroxylation is 1. The summed E-state index contributed by atoms with van der Waals surface area (Å²) in [5.41, 5.74) is 1.12. The molecule has 16 heavy (non-hydrogen) atoms. The van der Waals surface area contributed by atoms with Gasteiger partial charge in [0, 0.05) is 18.3 Å². The molecule has 0 fully saturated rings. The Labute approximate surface area is 104 Å². The Morgan fingerprint density at radius 3 is 2.94 bits per heavy atom. The highest BCUT2D eigenvalue weighted by Gasteiger charge is 1.99. The molecule has 0 aliphatic carbocycles. The van der Waals surface area contributed by atoms with Crippen LogP contribution in [0.3, 0.4) is 0 Å². The first kappa shape index (κ1) is 11.4. The van der Waals surface area contributed by atoms with Crippen molar-refractivity contribution in [2.75, 3.05) is 11.9 Å². The van der Waals surface area contributed by atoms with Gasteiger partial charge >= 0.3 is 0 Å². The molecule has 2 aromatic rings. The third-order valence-corrected chi connectivity index (χ3v) is 3.10. The maximum atomic E-state index is 5.78. The molecule has 84 valence electrons. The quantitative estimate of drug-likeness (QED) is 0.851. The third kappa shape index (κ3) is 3.18. The van der Waals surface area contributed by atoms with Crippen LogP contribution in [0.1, 0.15) is 10.7 Å². The Bertz CT molecular complexity index is 470. The Hall–Kier alpha value is -1.13. The number of hydrogen-bond donors (Lipinski definition) is 1. The summed E-state index contributed by atoms with van der Waals surface area (Å²) in [6, 6.07) is 5.54. The van der Waals surface area contributed by atoms with Gasteiger partial charge in [0.1, 0.15) is 11.0 Å². The lowest BCUT2D eigenvalue weighted by Gasteiger charge is -2.03. The highest BCUT2D eigenvalue weighted by molar-refractivity contribution is 7.09. The molecule has 3 nitrogen and oxygen atoms in total. The lowest BCUT2D eigenvalue weighted by Crippen LogP contribution is -2.06. The summed E-state index contributed by atoms with van der Waals surface area (Å²) < 4.78 is 0. The van der Waals surface area contributed by atoms with Gasteiger partial charge in [-0.1, -0.05) is 17.7 Å². The topological polar surface area (TPSA) is 37.8 Å². The number of pyridine rings is 1. The number of rotatable bonds is 4. The Morgan fingerprint density at radius 2 is 2.25 bits per heavy atom. The molecular formula is C11H12ClN3S. The van der Waals surface area contributed by atoms with Crippen LogP contribution in [0.25, 0.3) is 0 Å². The van der Waals surface area contributed by atoms with E-state index < -0.39 is 0 Å². The number of hydrogen-bond acceptors (Lipinski definition) is 4. The van der Waals surface area contributed by atoms with Crippen molar-refractivity contribution in [3.63, 3.8) is 0 Å². The summed E-state index contributed by atoms with van der Waals surface area (Å²) in [7, 11) is 0. The maximum absolute atomic E-state index is 5.78. The van der Waals surface area contributed by atoms with Gasteiger partial charge in [0.05, 0.1) is 10.7 Å². The van der Waals surface area contributed by atoms with Crippen LogP contribution in [0, 0.1) is 6.92 Å². The van der Waals surface area contributed by atoms with E-state index in [-0.39, 0.29) is 0 Å². The van der Waals surface area contributed by atoms with E-state index in [0.717, 1.165) is 29.5 Å². The van der Waals surface area contributed by atoms with Gasteiger partial charge in [-0.3, -0.25) is 0 Å². The van der Waals surface area contributed by atoms with Gasteiger partial charge in [-0.2, -0.15) is 0 Å². The molecule has 0 spiro atoms. The molecule has 0 amide bonds. The second-order valence-electron chi connectivity index (χ2n) is 3.38. The summed E-state index contributed by atoms with van der Waals surface area (Å²) in [6.45, 7) is 2.83. The molecule has 2 aromatic heterocycles. The fourth-order valence-electron chi connectivity index (χ4n) is 1.35. The molecule has 2 rings (SSSR count). The number of thiazole rings is 1. The van der Waals surface area contributed by atoms with Crippen molar-refractivity contribution in [2.24, 2.45) is 0 Å². The van der Waals surface area contributed by atoms with Gasteiger partial charge in [-0.25, -0.2) is 9.97 Å². The lowest BCUT2D eigenvalue weighted by molar-refractivity contribution is 0.960. The molecule has 1 N–H and O–H groups in total. The van der Waals surface area contributed by atoms with Crippen LogP contribution in [-0.2, 0) is 6.42 Å². The van der Waals surface area contributed by atoms with Gasteiger partial charge in [0.15, 0.2) is 0 Å². The number of nitrogens with zero attached hydrogens (tertiary/aromatic N) is 2. The van der Waals surface area contributed by atoms with Gasteiger partial charge < -0.3 is 5.32 Å². The Balaban J connectivity index is 1.84. The standard InChI is InChI=1S/C11H12ClN3S/c1-8-14-9(7-16-8)5-6-13-11-4-2-3-10(12)15-11/h2-4,7H,5-6H2,1H3,(H,13,15). The number of anilines is 1. The predicted molar refractivity (Wildman–Crippen MR) is 68.3 cm³/mol. The smallest absolute Gasteiger partial charge is 0.131 e. The molecule has 0 saturated carbocycles. The number of halogens is 1. The molecule has 0 aromatic carbocycles. The van der Waals surface area contributed by atoms with Crippen molar-refractivity contribution in [2.45, 2.75) is 13.3 Å². The van der Waals surface area contributed by atoms with Crippen LogP contribution in [0.15, 0.2) is 23.6 Å². The second-order valence-corrected chi connectivity index (χ2v) is 4.83. The minimum Gasteiger partial charge on any atom is -0.370 e. The van der Waals surface area contributed by atoms with Gasteiger partial charge in [0.25, 0.3) is 0 Å². The first-order valence-corrected chi connectivity index (χ1v) is 6.27. The Kier molecular flexibility index (Phi) is 3.74. The van der Waals surface area contributed by atoms with E-state index in [4.69, 9.17) is 11.6 Å². The molecule has 0 aliphatic rings. The van der Waals surface area contributed by atoms with Crippen LogP contribution >= 0.6 is 22.9 Å². The van der Waals surface area contributed by atoms with E-state index in [0.29, 0.717) is 5.15 Å². The lowest BCUT2D eigenvalue weighted by atomic mass is 10.3. The largest absolute Gasteiger partial charge is 0.370 e. The molecule has 0 bridgehead atoms. The molecule has 5 heteroatoms. The molecule has 0 saturated heterocycles. The molecule has 0 aliphatic heterocycles. The average molecular weight is 254 g/mol. The van der Waals surface area contributed by atoms with Crippen LogP contribution in [0.5, 0.6) is 0 Å². The fourth-order valence-corrected chi connectivity index (χ4v) is 2.16. The van der Waals surface area contributed by atoms with Crippen molar-refractivity contribution < 1.29 is 0 Å². The predicted octanol–water partition coefficient (Wildman–Crippen LogP) is 3.15. The molecule has 2 heterocycles. The summed E-state index contributed by atoms with van der Waals surface area (Å²) in [6.07, 6.45) is 0.901. The normalized spacial score (nSPS) is 10.4. The SMILES string of the molecule is Cc1nc(CCNc2cccc(Cl)n2)cs1. The van der Waals surface area contributed by atoms with Gasteiger partial charge in [-0.05, 0) is 19.1 Å². The molecule has 0 radical (unpaired) electrons. The van der Waals surface area contributed by atoms with Crippen LogP contribution < -0.4 is 5.32 Å². The average Bonchev–Trinajstić information content (AvgIpc) is 2.64. The zero-order valence-corrected chi connectivity index (χ0v) is 10.5. The van der Waals surface area contributed by atoms with E-state index in [1.165, 1.54) is 0 Å². The van der Waals surface area contributed by atoms with Gasteiger partial charge in [0.2, 0.25) is 0 Å². The molecular weight excluding hydrogens is 242 g/mol. The highest BCUT2D eigenvalue weighted by Crippen LogP contribution is 2.11. The first-order valence-electron chi connectivity index (χ1n) is 5.01. The zero-order valence-electron chi connectivity index (χ0n) is 8.90. The summed E-state index contributed by atoms with van der Waals surface area (Å²) >= 11 is 7.46. The molecule has 0 atom stereocenters. The van der Waals surface area contributed by atoms with Crippen LogP contribution in [0.2, 0.25) is 5.15 Å². The van der Waals surface area contributed by atoms with Crippen molar-refractivity contribution in [3.8, 4) is 0 Å². The van der Waals surface area contributed by atoms with E-state index in [9.17, 15) is 0 Å². The Morgan fingerprint density at radius 1 is 1.38 bits per heavy atom. The van der Waals surface area contributed by atoms with Crippen LogP contribution in [0.4, 0.5) is 5.82 Å². The molecule has 0 unspecified atom stereocenters. The van der Waals surface area contributed by atoms with Crippen molar-refractivity contribution in [3.05, 3.63) is 39.4 Å². The zero-order chi connectivity index (χ0) is 11.4. The summed E-state index contributed by atoms with van der Waals surface area (Å²) in [4.78, 5) is 8.54. The van der Waals surface area contributed by atoms with Gasteiger partial charge in [-0.15, -0.1) is 11.3 Å². The fraction of sp³-hybridized carbons (Fsp3) is 0.273. The van der Waals surface area contributed by atoms with Crippen molar-refractivity contribution >= 4 is 28.8 Å². The highest BCUT2D eigenvalue weighted by atomic mass is 35.5. The van der Waals surface area contributed by atoms with Crippen LogP contribution in [-0.4, -0.2) is 16.5 Å². The summed E-state index contributed by atoms with van der Waals surface area (Å²) in [5.74, 6) is 0.805.